The number of rotatable bonds is 15. The molecule has 2 aromatic carbocycles. The highest BCUT2D eigenvalue weighted by Gasteiger charge is 2.10. The van der Waals surface area contributed by atoms with E-state index in [1.54, 1.807) is 0 Å². The number of unbranched alkanes of at least 4 members (excludes halogenated alkanes) is 2. The Morgan fingerprint density at radius 3 is 2.60 bits per heavy atom. The molecule has 35 heavy (non-hydrogen) atoms. The van der Waals surface area contributed by atoms with Crippen molar-refractivity contribution in [1.29, 1.82) is 0 Å². The van der Waals surface area contributed by atoms with E-state index in [-0.39, 0.29) is 0 Å². The quantitative estimate of drug-likeness (QED) is 0.174. The van der Waals surface area contributed by atoms with Crippen LogP contribution in [0.1, 0.15) is 63.6 Å². The van der Waals surface area contributed by atoms with Gasteiger partial charge in [0, 0.05) is 40.9 Å². The predicted octanol–water partition coefficient (Wildman–Crippen LogP) is 9.40. The van der Waals surface area contributed by atoms with E-state index in [0.717, 1.165) is 56.5 Å². The Bertz CT molecular complexity index is 1140. The maximum atomic E-state index is 4.26. The topological polar surface area (TPSA) is 17.0 Å². The molecule has 1 heterocycles. The van der Waals surface area contributed by atoms with Gasteiger partial charge in [0.25, 0.3) is 0 Å². The molecule has 2 heteroatoms. The molecule has 0 saturated heterocycles. The molecule has 0 fully saturated rings. The molecule has 1 N–H and O–H groups in total. The van der Waals surface area contributed by atoms with Gasteiger partial charge in [-0.1, -0.05) is 73.7 Å². The smallest absolute Gasteiger partial charge is 0.0487 e. The number of allylic oxidation sites excluding steroid dienone is 6. The molecule has 0 saturated carbocycles. The van der Waals surface area contributed by atoms with Crippen LogP contribution in [0.4, 0.5) is 5.69 Å². The van der Waals surface area contributed by atoms with Crippen LogP contribution < -0.4 is 5.32 Å². The maximum Gasteiger partial charge on any atom is 0.0487 e. The van der Waals surface area contributed by atoms with Crippen molar-refractivity contribution in [3.63, 3.8) is 0 Å². The van der Waals surface area contributed by atoms with Crippen LogP contribution in [0.2, 0.25) is 0 Å². The van der Waals surface area contributed by atoms with Crippen molar-refractivity contribution in [2.24, 2.45) is 0 Å². The highest BCUT2D eigenvalue weighted by molar-refractivity contribution is 5.85. The molecule has 0 unspecified atom stereocenters. The van der Waals surface area contributed by atoms with E-state index in [9.17, 15) is 0 Å². The van der Waals surface area contributed by atoms with Gasteiger partial charge in [-0.15, -0.1) is 6.58 Å². The lowest BCUT2D eigenvalue weighted by molar-refractivity contribution is 0.764. The zero-order valence-corrected chi connectivity index (χ0v) is 21.7. The summed E-state index contributed by atoms with van der Waals surface area (Å²) in [5.74, 6) is 0. The Morgan fingerprint density at radius 2 is 1.83 bits per heavy atom. The van der Waals surface area contributed by atoms with E-state index in [2.05, 4.69) is 110 Å². The van der Waals surface area contributed by atoms with Crippen LogP contribution in [-0.4, -0.2) is 4.57 Å². The summed E-state index contributed by atoms with van der Waals surface area (Å²) in [6, 6.07) is 19.6. The zero-order chi connectivity index (χ0) is 24.9. The molecule has 0 bridgehead atoms. The second-order valence-corrected chi connectivity index (χ2v) is 9.42. The van der Waals surface area contributed by atoms with Crippen molar-refractivity contribution in [3.05, 3.63) is 115 Å². The van der Waals surface area contributed by atoms with Gasteiger partial charge in [0.15, 0.2) is 0 Å². The number of hydrogen-bond donors (Lipinski definition) is 1. The van der Waals surface area contributed by atoms with E-state index in [1.807, 2.05) is 6.08 Å². The molecule has 0 atom stereocenters. The van der Waals surface area contributed by atoms with Gasteiger partial charge in [-0.3, -0.25) is 0 Å². The number of nitrogens with zero attached hydrogens (tertiary/aromatic N) is 1. The summed E-state index contributed by atoms with van der Waals surface area (Å²) >= 11 is 0. The summed E-state index contributed by atoms with van der Waals surface area (Å²) in [6.45, 7) is 13.6. The Balaban J connectivity index is 1.62. The number of benzene rings is 2. The highest BCUT2D eigenvalue weighted by Crippen LogP contribution is 2.26. The van der Waals surface area contributed by atoms with Gasteiger partial charge < -0.3 is 9.88 Å². The monoisotopic (exact) mass is 466 g/mol. The number of fused-ring (bicyclic) bond motifs is 1. The van der Waals surface area contributed by atoms with E-state index in [0.29, 0.717) is 0 Å². The van der Waals surface area contributed by atoms with Gasteiger partial charge in [-0.2, -0.15) is 0 Å². The van der Waals surface area contributed by atoms with Crippen molar-refractivity contribution in [2.45, 2.75) is 71.8 Å². The van der Waals surface area contributed by atoms with Crippen molar-refractivity contribution in [1.82, 2.24) is 4.57 Å². The van der Waals surface area contributed by atoms with Crippen molar-refractivity contribution in [2.75, 3.05) is 5.32 Å². The Kier molecular flexibility index (Phi) is 10.7. The van der Waals surface area contributed by atoms with Crippen molar-refractivity contribution < 1.29 is 0 Å². The number of aryl methyl sites for hydroxylation is 1. The zero-order valence-electron chi connectivity index (χ0n) is 21.7. The summed E-state index contributed by atoms with van der Waals surface area (Å²) in [5, 5.41) is 4.80. The third-order valence-corrected chi connectivity index (χ3v) is 6.33. The summed E-state index contributed by atoms with van der Waals surface area (Å²) < 4.78 is 2.44. The summed E-state index contributed by atoms with van der Waals surface area (Å²) in [5.41, 5.74) is 7.57. The standard InChI is InChI=1S/C33H42N2/c1-5-7-8-9-10-12-17-27(3)26-35-32(16-6-2)25-30-24-31(22-23-33(30)35)34-28(4)18-15-21-29-19-13-11-14-20-29/h6-8,11,13-14,17,19-20,22-25,34H,2,4-5,9-10,12,15-16,18,21,26H2,1,3H3/b8-7-,27-17+. The van der Waals surface area contributed by atoms with Crippen molar-refractivity contribution in [3.8, 4) is 0 Å². The first-order valence-electron chi connectivity index (χ1n) is 13.1. The summed E-state index contributed by atoms with van der Waals surface area (Å²) in [4.78, 5) is 0. The number of hydrogen-bond acceptors (Lipinski definition) is 1. The average molecular weight is 467 g/mol. The SMILES string of the molecule is C=CCc1cc2cc(NC(=C)CCCc3ccccc3)ccc2n1C/C(C)=C/CCC/C=C\CC. The van der Waals surface area contributed by atoms with Gasteiger partial charge >= 0.3 is 0 Å². The fraction of sp³-hybridized carbons (Fsp3) is 0.333. The Hall–Kier alpha value is -3.26. The van der Waals surface area contributed by atoms with Crippen LogP contribution in [0.5, 0.6) is 0 Å². The molecule has 3 rings (SSSR count). The molecule has 0 aliphatic rings. The fourth-order valence-electron chi connectivity index (χ4n) is 4.51. The number of nitrogens with one attached hydrogen (secondary N) is 1. The molecule has 184 valence electrons. The number of aromatic nitrogens is 1. The van der Waals surface area contributed by atoms with Gasteiger partial charge in [0.05, 0.1) is 0 Å². The van der Waals surface area contributed by atoms with Crippen LogP contribution in [0.3, 0.4) is 0 Å². The maximum absolute atomic E-state index is 4.26. The van der Waals surface area contributed by atoms with E-state index in [4.69, 9.17) is 0 Å². The van der Waals surface area contributed by atoms with E-state index < -0.39 is 0 Å². The lowest BCUT2D eigenvalue weighted by atomic mass is 10.1. The van der Waals surface area contributed by atoms with Crippen LogP contribution >= 0.6 is 0 Å². The molecule has 0 spiro atoms. The summed E-state index contributed by atoms with van der Waals surface area (Å²) in [6.07, 6.45) is 17.6. The van der Waals surface area contributed by atoms with E-state index >= 15 is 0 Å². The lowest BCUT2D eigenvalue weighted by Crippen LogP contribution is -2.04. The van der Waals surface area contributed by atoms with Crippen LogP contribution in [0, 0.1) is 0 Å². The molecule has 0 amide bonds. The lowest BCUT2D eigenvalue weighted by Gasteiger charge is -2.12. The second-order valence-electron chi connectivity index (χ2n) is 9.42. The molecule has 2 nitrogen and oxygen atoms in total. The molecule has 0 radical (unpaired) electrons. The molecule has 1 aromatic heterocycles. The van der Waals surface area contributed by atoms with Crippen LogP contribution in [0.25, 0.3) is 10.9 Å². The Labute approximate surface area is 212 Å². The molecule has 0 aliphatic heterocycles. The van der Waals surface area contributed by atoms with Gasteiger partial charge in [0.2, 0.25) is 0 Å². The van der Waals surface area contributed by atoms with E-state index in [1.165, 1.54) is 40.6 Å². The van der Waals surface area contributed by atoms with Crippen LogP contribution in [-0.2, 0) is 19.4 Å². The first kappa shape index (κ1) is 26.3. The average Bonchev–Trinajstić information content (AvgIpc) is 3.18. The largest absolute Gasteiger partial charge is 0.359 e. The fourth-order valence-corrected chi connectivity index (χ4v) is 4.51. The van der Waals surface area contributed by atoms with Gasteiger partial charge in [-0.05, 0) is 81.7 Å². The second kappa shape index (κ2) is 14.2. The molecular weight excluding hydrogens is 424 g/mol. The first-order valence-corrected chi connectivity index (χ1v) is 13.1. The highest BCUT2D eigenvalue weighted by atomic mass is 15.0. The van der Waals surface area contributed by atoms with Gasteiger partial charge in [0.1, 0.15) is 0 Å². The van der Waals surface area contributed by atoms with Crippen molar-refractivity contribution >= 4 is 16.6 Å². The minimum atomic E-state index is 0.874. The molecular formula is C33H42N2. The predicted molar refractivity (Wildman–Crippen MR) is 155 cm³/mol. The normalized spacial score (nSPS) is 11.9. The van der Waals surface area contributed by atoms with Gasteiger partial charge in [-0.25, -0.2) is 0 Å². The molecule has 0 aliphatic carbocycles. The third-order valence-electron chi connectivity index (χ3n) is 6.33. The molecule has 3 aromatic rings. The number of anilines is 1. The first-order chi connectivity index (χ1) is 17.1. The Morgan fingerprint density at radius 1 is 1.00 bits per heavy atom. The minimum absolute atomic E-state index is 0.874. The summed E-state index contributed by atoms with van der Waals surface area (Å²) in [7, 11) is 0. The minimum Gasteiger partial charge on any atom is -0.359 e. The van der Waals surface area contributed by atoms with Crippen LogP contribution in [0.15, 0.2) is 103 Å². The third kappa shape index (κ3) is 8.47.